The van der Waals surface area contributed by atoms with Gasteiger partial charge in [-0.1, -0.05) is 76.6 Å². The first-order valence-corrected chi connectivity index (χ1v) is 9.72. The van der Waals surface area contributed by atoms with Crippen molar-refractivity contribution < 1.29 is 4.79 Å². The Hall–Kier alpha value is -2.10. The van der Waals surface area contributed by atoms with Crippen molar-refractivity contribution in [1.29, 1.82) is 0 Å². The maximum Gasteiger partial charge on any atom is 0.190 e. The van der Waals surface area contributed by atoms with Crippen LogP contribution in [0, 0.1) is 0 Å². The van der Waals surface area contributed by atoms with Crippen molar-refractivity contribution in [3.8, 4) is 0 Å². The van der Waals surface area contributed by atoms with Gasteiger partial charge in [0, 0.05) is 20.5 Å². The lowest BCUT2D eigenvalue weighted by Gasteiger charge is -2.25. The van der Waals surface area contributed by atoms with Gasteiger partial charge in [-0.3, -0.25) is 4.79 Å². The van der Waals surface area contributed by atoms with E-state index in [1.165, 1.54) is 4.90 Å². The number of hydrogen-bond donors (Lipinski definition) is 0. The van der Waals surface area contributed by atoms with Crippen molar-refractivity contribution in [3.05, 3.63) is 106 Å². The van der Waals surface area contributed by atoms with Crippen LogP contribution in [0.5, 0.6) is 0 Å². The number of carbonyl (C=O) groups is 1. The van der Waals surface area contributed by atoms with Crippen LogP contribution >= 0.6 is 27.7 Å². The first-order chi connectivity index (χ1) is 12.2. The van der Waals surface area contributed by atoms with Crippen molar-refractivity contribution >= 4 is 39.6 Å². The molecule has 3 aromatic rings. The lowest BCUT2D eigenvalue weighted by Crippen LogP contribution is -2.13. The topological polar surface area (TPSA) is 17.1 Å². The zero-order valence-corrected chi connectivity index (χ0v) is 15.8. The highest BCUT2D eigenvalue weighted by Crippen LogP contribution is 2.48. The lowest BCUT2D eigenvalue weighted by molar-refractivity contribution is 0.103. The molecule has 1 atom stereocenters. The Morgan fingerprint density at radius 3 is 2.28 bits per heavy atom. The number of ketones is 1. The smallest absolute Gasteiger partial charge is 0.190 e. The predicted octanol–water partition coefficient (Wildman–Crippen LogP) is 6.56. The number of carbonyl (C=O) groups excluding carboxylic acids is 1. The first-order valence-electron chi connectivity index (χ1n) is 8.05. The number of thioether (sulfide) groups is 1. The number of fused-ring (bicyclic) bond motifs is 1. The summed E-state index contributed by atoms with van der Waals surface area (Å²) in [5.41, 5.74) is 3.80. The average molecular weight is 407 g/mol. The SMILES string of the molecule is O=C(C1=Cc2cc(Br)ccc2SC1c1ccccc1)c1ccccc1. The fraction of sp³-hybridized carbons (Fsp3) is 0.0455. The minimum atomic E-state index is 0.00239. The van der Waals surface area contributed by atoms with Gasteiger partial charge >= 0.3 is 0 Å². The van der Waals surface area contributed by atoms with Crippen molar-refractivity contribution in [2.75, 3.05) is 0 Å². The highest BCUT2D eigenvalue weighted by atomic mass is 79.9. The van der Waals surface area contributed by atoms with E-state index in [4.69, 9.17) is 0 Å². The van der Waals surface area contributed by atoms with E-state index in [-0.39, 0.29) is 11.0 Å². The van der Waals surface area contributed by atoms with Crippen LogP contribution in [-0.2, 0) is 0 Å². The molecular weight excluding hydrogens is 392 g/mol. The van der Waals surface area contributed by atoms with Gasteiger partial charge in [-0.25, -0.2) is 0 Å². The summed E-state index contributed by atoms with van der Waals surface area (Å²) in [6.07, 6.45) is 2.05. The molecule has 0 aromatic heterocycles. The largest absolute Gasteiger partial charge is 0.289 e. The molecule has 0 bridgehead atoms. The Morgan fingerprint density at radius 2 is 1.56 bits per heavy atom. The zero-order chi connectivity index (χ0) is 17.2. The van der Waals surface area contributed by atoms with E-state index in [0.29, 0.717) is 0 Å². The van der Waals surface area contributed by atoms with E-state index in [9.17, 15) is 4.79 Å². The first kappa shape index (κ1) is 16.4. The second kappa shape index (κ2) is 7.03. The van der Waals surface area contributed by atoms with Crippen molar-refractivity contribution in [1.82, 2.24) is 0 Å². The highest BCUT2D eigenvalue weighted by molar-refractivity contribution is 9.10. The minimum Gasteiger partial charge on any atom is -0.289 e. The van der Waals surface area contributed by atoms with Crippen LogP contribution in [0.4, 0.5) is 0 Å². The van der Waals surface area contributed by atoms with Crippen molar-refractivity contribution in [2.24, 2.45) is 0 Å². The normalized spacial score (nSPS) is 16.0. The molecule has 1 unspecified atom stereocenters. The molecule has 1 nitrogen and oxygen atoms in total. The van der Waals surface area contributed by atoms with E-state index in [1.54, 1.807) is 11.8 Å². The van der Waals surface area contributed by atoms with Gasteiger partial charge in [-0.15, -0.1) is 11.8 Å². The zero-order valence-electron chi connectivity index (χ0n) is 13.4. The van der Waals surface area contributed by atoms with Crippen molar-refractivity contribution in [2.45, 2.75) is 10.1 Å². The van der Waals surface area contributed by atoms with Crippen LogP contribution in [0.2, 0.25) is 0 Å². The molecule has 0 aliphatic carbocycles. The molecule has 0 N–H and O–H groups in total. The Labute approximate surface area is 159 Å². The molecular formula is C22H15BrOS. The summed E-state index contributed by atoms with van der Waals surface area (Å²) in [6.45, 7) is 0. The van der Waals surface area contributed by atoms with E-state index in [1.807, 2.05) is 60.7 Å². The molecule has 1 heterocycles. The Kier molecular flexibility index (Phi) is 4.60. The molecule has 0 saturated heterocycles. The van der Waals surface area contributed by atoms with Gasteiger partial charge in [0.1, 0.15) is 0 Å². The minimum absolute atomic E-state index is 0.00239. The number of benzene rings is 3. The highest BCUT2D eigenvalue weighted by Gasteiger charge is 2.28. The molecule has 1 aliphatic heterocycles. The van der Waals surface area contributed by atoms with Gasteiger partial charge in [0.25, 0.3) is 0 Å². The van der Waals surface area contributed by atoms with E-state index in [2.05, 4.69) is 40.2 Å². The fourth-order valence-electron chi connectivity index (χ4n) is 2.99. The molecule has 25 heavy (non-hydrogen) atoms. The molecule has 0 radical (unpaired) electrons. The lowest BCUT2D eigenvalue weighted by atomic mass is 9.94. The Balaban J connectivity index is 1.84. The summed E-state index contributed by atoms with van der Waals surface area (Å²) in [5, 5.41) is 0.00239. The van der Waals surface area contributed by atoms with Crippen molar-refractivity contribution in [3.63, 3.8) is 0 Å². The molecule has 3 aromatic carbocycles. The number of Topliss-reactive ketones (excluding diaryl/α,β-unsaturated/α-hetero) is 1. The third-order valence-electron chi connectivity index (χ3n) is 4.21. The summed E-state index contributed by atoms with van der Waals surface area (Å²) in [6, 6.07) is 26.0. The van der Waals surface area contributed by atoms with E-state index >= 15 is 0 Å². The number of halogens is 1. The van der Waals surface area contributed by atoms with Crippen LogP contribution in [0.15, 0.2) is 93.8 Å². The monoisotopic (exact) mass is 406 g/mol. The van der Waals surface area contributed by atoms with E-state index in [0.717, 1.165) is 26.7 Å². The maximum atomic E-state index is 13.2. The molecule has 0 amide bonds. The molecule has 3 heteroatoms. The molecule has 0 spiro atoms. The second-order valence-corrected chi connectivity index (χ2v) is 7.95. The molecule has 1 aliphatic rings. The molecule has 4 rings (SSSR count). The standard InChI is InChI=1S/C22H15BrOS/c23-18-11-12-20-17(13-18)14-19(21(24)15-7-3-1-4-8-15)22(25-20)16-9-5-2-6-10-16/h1-14,22H. The fourth-order valence-corrected chi connectivity index (χ4v) is 4.62. The summed E-state index contributed by atoms with van der Waals surface area (Å²) >= 11 is 5.27. The van der Waals surface area contributed by atoms with Crippen LogP contribution < -0.4 is 0 Å². The van der Waals surface area contributed by atoms with Gasteiger partial charge in [-0.05, 0) is 35.4 Å². The van der Waals surface area contributed by atoms with Crippen LogP contribution in [0.25, 0.3) is 6.08 Å². The third kappa shape index (κ3) is 3.35. The summed E-state index contributed by atoms with van der Waals surface area (Å²) in [5.74, 6) is 0.0904. The molecule has 122 valence electrons. The second-order valence-electron chi connectivity index (χ2n) is 5.89. The number of hydrogen-bond acceptors (Lipinski definition) is 2. The molecule has 0 fully saturated rings. The van der Waals surface area contributed by atoms with Gasteiger partial charge in [0.05, 0.1) is 5.25 Å². The maximum absolute atomic E-state index is 13.2. The summed E-state index contributed by atoms with van der Waals surface area (Å²) in [7, 11) is 0. The average Bonchev–Trinajstić information content (AvgIpc) is 2.67. The van der Waals surface area contributed by atoms with Gasteiger partial charge < -0.3 is 0 Å². The van der Waals surface area contributed by atoms with Gasteiger partial charge in [-0.2, -0.15) is 0 Å². The Morgan fingerprint density at radius 1 is 0.880 bits per heavy atom. The predicted molar refractivity (Wildman–Crippen MR) is 108 cm³/mol. The summed E-state index contributed by atoms with van der Waals surface area (Å²) < 4.78 is 1.02. The van der Waals surface area contributed by atoms with Crippen LogP contribution in [-0.4, -0.2) is 5.78 Å². The van der Waals surface area contributed by atoms with Crippen LogP contribution in [0.1, 0.15) is 26.7 Å². The molecule has 0 saturated carbocycles. The van der Waals surface area contributed by atoms with Gasteiger partial charge in [0.2, 0.25) is 0 Å². The quantitative estimate of drug-likeness (QED) is 0.457. The Bertz CT molecular complexity index is 948. The van der Waals surface area contributed by atoms with Crippen LogP contribution in [0.3, 0.4) is 0 Å². The van der Waals surface area contributed by atoms with E-state index < -0.39 is 0 Å². The van der Waals surface area contributed by atoms with Gasteiger partial charge in [0.15, 0.2) is 5.78 Å². The number of rotatable bonds is 3. The summed E-state index contributed by atoms with van der Waals surface area (Å²) in [4.78, 5) is 14.4. The third-order valence-corrected chi connectivity index (χ3v) is 6.09.